The van der Waals surface area contributed by atoms with Crippen LogP contribution in [0.4, 0.5) is 0 Å². The van der Waals surface area contributed by atoms with Gasteiger partial charge in [0.05, 0.1) is 5.25 Å². The van der Waals surface area contributed by atoms with Crippen molar-refractivity contribution in [3.05, 3.63) is 0 Å². The summed E-state index contributed by atoms with van der Waals surface area (Å²) in [5, 5.41) is 4.53. The van der Waals surface area contributed by atoms with Crippen LogP contribution < -0.4 is 5.14 Å². The van der Waals surface area contributed by atoms with Crippen LogP contribution in [0.1, 0.15) is 19.8 Å². The van der Waals surface area contributed by atoms with Crippen LogP contribution in [0.15, 0.2) is 0 Å². The number of amides is 1. The van der Waals surface area contributed by atoms with Crippen molar-refractivity contribution in [3.8, 4) is 0 Å². The van der Waals surface area contributed by atoms with Gasteiger partial charge in [-0.2, -0.15) is 0 Å². The van der Waals surface area contributed by atoms with Gasteiger partial charge in [-0.1, -0.05) is 0 Å². The highest BCUT2D eigenvalue weighted by atomic mass is 32.2. The molecule has 0 aromatic carbocycles. The minimum Gasteiger partial charge on any atom is -0.343 e. The zero-order valence-corrected chi connectivity index (χ0v) is 8.38. The molecule has 76 valence electrons. The van der Waals surface area contributed by atoms with E-state index in [0.717, 1.165) is 0 Å². The van der Waals surface area contributed by atoms with E-state index >= 15 is 0 Å². The Morgan fingerprint density at radius 1 is 1.38 bits per heavy atom. The van der Waals surface area contributed by atoms with Crippen LogP contribution >= 0.6 is 0 Å². The highest BCUT2D eigenvalue weighted by Gasteiger charge is 2.27. The first kappa shape index (κ1) is 10.5. The molecule has 5 nitrogen and oxygen atoms in total. The van der Waals surface area contributed by atoms with E-state index < -0.39 is 15.3 Å². The van der Waals surface area contributed by atoms with Crippen LogP contribution in [0, 0.1) is 0 Å². The van der Waals surface area contributed by atoms with E-state index in [9.17, 15) is 13.2 Å². The maximum atomic E-state index is 10.9. The van der Waals surface area contributed by atoms with Gasteiger partial charge in [0.25, 0.3) is 0 Å². The minimum absolute atomic E-state index is 0.00660. The van der Waals surface area contributed by atoms with Gasteiger partial charge >= 0.3 is 0 Å². The summed E-state index contributed by atoms with van der Waals surface area (Å²) in [5.74, 6) is -0.00660. The maximum absolute atomic E-state index is 10.9. The number of carbonyl (C=O) groups is 1. The molecule has 1 amide bonds. The molecular weight excluding hydrogens is 192 g/mol. The van der Waals surface area contributed by atoms with Gasteiger partial charge in [0.1, 0.15) is 0 Å². The standard InChI is InChI=1S/C7H14N2O3S/c1-6(10)9-4-2-7(3-5-9)13(8,11)12/h7H,2-5H2,1H3,(H2,8,11,12). The lowest BCUT2D eigenvalue weighted by Gasteiger charge is -2.29. The number of primary sulfonamides is 1. The van der Waals surface area contributed by atoms with E-state index in [1.807, 2.05) is 0 Å². The van der Waals surface area contributed by atoms with Crippen molar-refractivity contribution in [2.75, 3.05) is 13.1 Å². The normalized spacial score (nSPS) is 20.3. The van der Waals surface area contributed by atoms with Crippen LogP contribution in [0.2, 0.25) is 0 Å². The van der Waals surface area contributed by atoms with Crippen molar-refractivity contribution >= 4 is 15.9 Å². The number of hydrogen-bond acceptors (Lipinski definition) is 3. The quantitative estimate of drug-likeness (QED) is 0.615. The Morgan fingerprint density at radius 2 is 1.85 bits per heavy atom. The molecule has 0 spiro atoms. The molecule has 6 heteroatoms. The molecule has 0 radical (unpaired) electrons. The van der Waals surface area contributed by atoms with E-state index in [1.54, 1.807) is 4.90 Å². The lowest BCUT2D eigenvalue weighted by atomic mass is 10.1. The molecule has 1 fully saturated rings. The molecule has 0 aliphatic carbocycles. The highest BCUT2D eigenvalue weighted by molar-refractivity contribution is 7.89. The average Bonchev–Trinajstić information content (AvgIpc) is 2.03. The Hall–Kier alpha value is -0.620. The predicted molar refractivity (Wildman–Crippen MR) is 48.4 cm³/mol. The lowest BCUT2D eigenvalue weighted by Crippen LogP contribution is -2.43. The second-order valence-corrected chi connectivity index (χ2v) is 5.14. The van der Waals surface area contributed by atoms with E-state index in [2.05, 4.69) is 0 Å². The van der Waals surface area contributed by atoms with Crippen LogP contribution in [0.3, 0.4) is 0 Å². The number of likely N-dealkylation sites (tertiary alicyclic amines) is 1. The number of nitrogens with zero attached hydrogens (tertiary/aromatic N) is 1. The van der Waals surface area contributed by atoms with Crippen LogP contribution in [0.25, 0.3) is 0 Å². The molecule has 1 heterocycles. The van der Waals surface area contributed by atoms with E-state index in [0.29, 0.717) is 25.9 Å². The largest absolute Gasteiger partial charge is 0.343 e. The zero-order chi connectivity index (χ0) is 10.1. The Labute approximate surface area is 77.9 Å². The summed E-state index contributed by atoms with van der Waals surface area (Å²) in [7, 11) is -3.41. The number of nitrogens with two attached hydrogens (primary N) is 1. The van der Waals surface area contributed by atoms with E-state index in [4.69, 9.17) is 5.14 Å². The van der Waals surface area contributed by atoms with Gasteiger partial charge in [-0.25, -0.2) is 13.6 Å². The molecule has 1 aliphatic heterocycles. The number of rotatable bonds is 1. The fourth-order valence-corrected chi connectivity index (χ4v) is 2.37. The number of sulfonamides is 1. The van der Waals surface area contributed by atoms with Gasteiger partial charge in [0.2, 0.25) is 15.9 Å². The van der Waals surface area contributed by atoms with Crippen molar-refractivity contribution in [1.82, 2.24) is 4.90 Å². The molecular formula is C7H14N2O3S. The topological polar surface area (TPSA) is 80.5 Å². The maximum Gasteiger partial charge on any atom is 0.219 e. The van der Waals surface area contributed by atoms with Gasteiger partial charge in [0, 0.05) is 20.0 Å². The molecule has 0 unspecified atom stereocenters. The third-order valence-corrected chi connectivity index (χ3v) is 3.75. The third kappa shape index (κ3) is 2.67. The molecule has 0 aromatic heterocycles. The van der Waals surface area contributed by atoms with Crippen molar-refractivity contribution < 1.29 is 13.2 Å². The summed E-state index contributed by atoms with van der Waals surface area (Å²) >= 11 is 0. The van der Waals surface area contributed by atoms with Crippen LogP contribution in [0.5, 0.6) is 0 Å². The monoisotopic (exact) mass is 206 g/mol. The molecule has 13 heavy (non-hydrogen) atoms. The summed E-state index contributed by atoms with van der Waals surface area (Å²) in [5.41, 5.74) is 0. The van der Waals surface area contributed by atoms with E-state index in [1.165, 1.54) is 6.92 Å². The predicted octanol–water partition coefficient (Wildman–Crippen LogP) is -0.714. The fourth-order valence-electron chi connectivity index (χ4n) is 1.50. The fraction of sp³-hybridized carbons (Fsp3) is 0.857. The van der Waals surface area contributed by atoms with Crippen LogP contribution in [-0.2, 0) is 14.8 Å². The van der Waals surface area contributed by atoms with Crippen molar-refractivity contribution in [3.63, 3.8) is 0 Å². The van der Waals surface area contributed by atoms with Crippen molar-refractivity contribution in [2.45, 2.75) is 25.0 Å². The molecule has 0 bridgehead atoms. The second-order valence-electron chi connectivity index (χ2n) is 3.29. The Morgan fingerprint density at radius 3 is 2.15 bits per heavy atom. The number of hydrogen-bond donors (Lipinski definition) is 1. The average molecular weight is 206 g/mol. The first-order chi connectivity index (χ1) is 5.91. The minimum atomic E-state index is -3.41. The van der Waals surface area contributed by atoms with Crippen molar-refractivity contribution in [2.24, 2.45) is 5.14 Å². The highest BCUT2D eigenvalue weighted by Crippen LogP contribution is 2.15. The zero-order valence-electron chi connectivity index (χ0n) is 7.56. The molecule has 1 saturated heterocycles. The van der Waals surface area contributed by atoms with Gasteiger partial charge in [-0.05, 0) is 12.8 Å². The summed E-state index contributed by atoms with van der Waals surface area (Å²) in [6.45, 7) is 2.48. The Bertz CT molecular complexity index is 291. The molecule has 0 saturated carbocycles. The lowest BCUT2D eigenvalue weighted by molar-refractivity contribution is -0.129. The summed E-state index contributed by atoms with van der Waals surface area (Å²) < 4.78 is 21.9. The van der Waals surface area contributed by atoms with Gasteiger partial charge in [-0.3, -0.25) is 4.79 Å². The molecule has 1 rings (SSSR count). The van der Waals surface area contributed by atoms with Gasteiger partial charge in [0.15, 0.2) is 0 Å². The van der Waals surface area contributed by atoms with Crippen LogP contribution in [-0.4, -0.2) is 37.6 Å². The molecule has 1 aliphatic rings. The third-order valence-electron chi connectivity index (χ3n) is 2.35. The van der Waals surface area contributed by atoms with Gasteiger partial charge < -0.3 is 4.90 Å². The van der Waals surface area contributed by atoms with Crippen molar-refractivity contribution in [1.29, 1.82) is 0 Å². The molecule has 2 N–H and O–H groups in total. The summed E-state index contributed by atoms with van der Waals surface area (Å²) in [6.07, 6.45) is 0.914. The number of carbonyl (C=O) groups excluding carboxylic acids is 1. The van der Waals surface area contributed by atoms with Gasteiger partial charge in [-0.15, -0.1) is 0 Å². The summed E-state index contributed by atoms with van der Waals surface area (Å²) in [4.78, 5) is 12.5. The molecule has 0 aromatic rings. The van der Waals surface area contributed by atoms with E-state index in [-0.39, 0.29) is 5.91 Å². The Kier molecular flexibility index (Phi) is 2.92. The first-order valence-corrected chi connectivity index (χ1v) is 5.79. The number of piperidine rings is 1. The molecule has 0 atom stereocenters. The SMILES string of the molecule is CC(=O)N1CCC(S(N)(=O)=O)CC1. The first-order valence-electron chi connectivity index (χ1n) is 4.18. The second kappa shape index (κ2) is 3.63. The smallest absolute Gasteiger partial charge is 0.219 e. The summed E-state index contributed by atoms with van der Waals surface area (Å²) in [6, 6.07) is 0. The Balaban J connectivity index is 2.53.